The van der Waals surface area contributed by atoms with Crippen LogP contribution in [0.2, 0.25) is 0 Å². The Morgan fingerprint density at radius 2 is 2.00 bits per heavy atom. The molecule has 0 aromatic carbocycles. The molecular formula is C13H24O3. The van der Waals surface area contributed by atoms with Gasteiger partial charge in [-0.1, -0.05) is 32.6 Å². The number of ether oxygens (including phenoxy) is 2. The second-order valence-electron chi connectivity index (χ2n) is 5.02. The first kappa shape index (κ1) is 13.7. The van der Waals surface area contributed by atoms with E-state index in [1.165, 1.54) is 25.7 Å². The molecule has 3 heteroatoms. The van der Waals surface area contributed by atoms with Crippen molar-refractivity contribution in [1.29, 1.82) is 0 Å². The molecule has 1 aliphatic heterocycles. The van der Waals surface area contributed by atoms with Gasteiger partial charge in [-0.2, -0.15) is 0 Å². The Labute approximate surface area is 98.5 Å². The molecule has 0 aliphatic carbocycles. The lowest BCUT2D eigenvalue weighted by atomic mass is 10.0. The summed E-state index contributed by atoms with van der Waals surface area (Å²) in [5, 5.41) is 0. The molecule has 0 N–H and O–H groups in total. The molecule has 16 heavy (non-hydrogen) atoms. The minimum absolute atomic E-state index is 0.177. The molecule has 1 saturated heterocycles. The van der Waals surface area contributed by atoms with Crippen LogP contribution in [0.15, 0.2) is 0 Å². The van der Waals surface area contributed by atoms with Crippen molar-refractivity contribution >= 4 is 6.29 Å². The van der Waals surface area contributed by atoms with Gasteiger partial charge in [-0.15, -0.1) is 0 Å². The molecule has 94 valence electrons. The lowest BCUT2D eigenvalue weighted by molar-refractivity contribution is -0.291. The SMILES string of the molecule is CCCCCC[C@H]1C[C@H](C=O)OC(C)(C)O1. The minimum atomic E-state index is -0.612. The normalized spacial score (nSPS) is 28.9. The lowest BCUT2D eigenvalue weighted by Gasteiger charge is -2.39. The molecule has 1 fully saturated rings. The van der Waals surface area contributed by atoms with E-state index in [4.69, 9.17) is 9.47 Å². The van der Waals surface area contributed by atoms with Crippen molar-refractivity contribution in [2.45, 2.75) is 77.3 Å². The van der Waals surface area contributed by atoms with Gasteiger partial charge < -0.3 is 14.3 Å². The van der Waals surface area contributed by atoms with Crippen molar-refractivity contribution in [2.24, 2.45) is 0 Å². The van der Waals surface area contributed by atoms with E-state index in [1.807, 2.05) is 13.8 Å². The Bertz CT molecular complexity index is 213. The standard InChI is InChI=1S/C13H24O3/c1-4-5-6-7-8-11-9-12(10-14)16-13(2,3)15-11/h10-12H,4-9H2,1-3H3/t11-,12+/m0/s1. The van der Waals surface area contributed by atoms with Crippen LogP contribution < -0.4 is 0 Å². The molecule has 0 amide bonds. The molecule has 2 atom stereocenters. The summed E-state index contributed by atoms with van der Waals surface area (Å²) in [6.45, 7) is 5.96. The maximum atomic E-state index is 10.8. The third kappa shape index (κ3) is 4.62. The maximum Gasteiger partial charge on any atom is 0.164 e. The quantitative estimate of drug-likeness (QED) is 0.517. The van der Waals surface area contributed by atoms with Gasteiger partial charge >= 0.3 is 0 Å². The zero-order chi connectivity index (χ0) is 12.0. The van der Waals surface area contributed by atoms with Crippen LogP contribution in [0.5, 0.6) is 0 Å². The van der Waals surface area contributed by atoms with Crippen LogP contribution in [-0.2, 0) is 14.3 Å². The van der Waals surface area contributed by atoms with Gasteiger partial charge in [-0.05, 0) is 20.3 Å². The Balaban J connectivity index is 2.32. The molecule has 0 saturated carbocycles. The molecule has 0 spiro atoms. The van der Waals surface area contributed by atoms with Gasteiger partial charge in [0.15, 0.2) is 5.79 Å². The van der Waals surface area contributed by atoms with Crippen LogP contribution in [0.25, 0.3) is 0 Å². The fraction of sp³-hybridized carbons (Fsp3) is 0.923. The number of hydrogen-bond acceptors (Lipinski definition) is 3. The Kier molecular flexibility index (Phi) is 5.42. The van der Waals surface area contributed by atoms with Crippen molar-refractivity contribution in [3.63, 3.8) is 0 Å². The van der Waals surface area contributed by atoms with Gasteiger partial charge in [0.25, 0.3) is 0 Å². The molecule has 0 radical (unpaired) electrons. The molecule has 1 aliphatic rings. The Morgan fingerprint density at radius 3 is 2.62 bits per heavy atom. The fourth-order valence-corrected chi connectivity index (χ4v) is 2.21. The highest BCUT2D eigenvalue weighted by molar-refractivity contribution is 5.56. The maximum absolute atomic E-state index is 10.8. The zero-order valence-corrected chi connectivity index (χ0v) is 10.7. The van der Waals surface area contributed by atoms with E-state index in [-0.39, 0.29) is 12.2 Å². The van der Waals surface area contributed by atoms with Gasteiger partial charge in [-0.25, -0.2) is 0 Å². The molecule has 0 aromatic rings. The van der Waals surface area contributed by atoms with Crippen LogP contribution in [0.3, 0.4) is 0 Å². The van der Waals surface area contributed by atoms with Crippen molar-refractivity contribution in [3.8, 4) is 0 Å². The topological polar surface area (TPSA) is 35.5 Å². The summed E-state index contributed by atoms with van der Waals surface area (Å²) in [5.41, 5.74) is 0. The van der Waals surface area contributed by atoms with Gasteiger partial charge in [-0.3, -0.25) is 0 Å². The second kappa shape index (κ2) is 6.36. The van der Waals surface area contributed by atoms with E-state index in [2.05, 4.69) is 6.92 Å². The van der Waals surface area contributed by atoms with Crippen molar-refractivity contribution in [3.05, 3.63) is 0 Å². The van der Waals surface area contributed by atoms with E-state index in [1.54, 1.807) is 0 Å². The van der Waals surface area contributed by atoms with Crippen LogP contribution in [-0.4, -0.2) is 24.3 Å². The predicted molar refractivity (Wildman–Crippen MR) is 63.3 cm³/mol. The average Bonchev–Trinajstić information content (AvgIpc) is 2.22. The van der Waals surface area contributed by atoms with Crippen LogP contribution >= 0.6 is 0 Å². The number of hydrogen-bond donors (Lipinski definition) is 0. The highest BCUT2D eigenvalue weighted by Crippen LogP contribution is 2.28. The summed E-state index contributed by atoms with van der Waals surface area (Å²) < 4.78 is 11.3. The van der Waals surface area contributed by atoms with Gasteiger partial charge in [0.2, 0.25) is 0 Å². The third-order valence-electron chi connectivity index (χ3n) is 2.91. The highest BCUT2D eigenvalue weighted by atomic mass is 16.7. The Hall–Kier alpha value is -0.410. The molecule has 1 heterocycles. The summed E-state index contributed by atoms with van der Waals surface area (Å²) in [6.07, 6.45) is 7.49. The molecule has 3 nitrogen and oxygen atoms in total. The number of rotatable bonds is 6. The first-order valence-corrected chi connectivity index (χ1v) is 6.38. The van der Waals surface area contributed by atoms with E-state index in [0.29, 0.717) is 6.42 Å². The minimum Gasteiger partial charge on any atom is -0.347 e. The predicted octanol–water partition coefficient (Wildman–Crippen LogP) is 3.07. The van der Waals surface area contributed by atoms with Crippen LogP contribution in [0.4, 0.5) is 0 Å². The fourth-order valence-electron chi connectivity index (χ4n) is 2.21. The number of carbonyl (C=O) groups excluding carboxylic acids is 1. The summed E-state index contributed by atoms with van der Waals surface area (Å²) in [5.74, 6) is -0.612. The third-order valence-corrected chi connectivity index (χ3v) is 2.91. The van der Waals surface area contributed by atoms with Gasteiger partial charge in [0.1, 0.15) is 12.4 Å². The van der Waals surface area contributed by atoms with Crippen LogP contribution in [0.1, 0.15) is 59.3 Å². The van der Waals surface area contributed by atoms with Crippen molar-refractivity contribution < 1.29 is 14.3 Å². The number of unbranched alkanes of at least 4 members (excludes halogenated alkanes) is 3. The van der Waals surface area contributed by atoms with Crippen molar-refractivity contribution in [1.82, 2.24) is 0 Å². The van der Waals surface area contributed by atoms with E-state index >= 15 is 0 Å². The molecular weight excluding hydrogens is 204 g/mol. The van der Waals surface area contributed by atoms with Crippen LogP contribution in [0, 0.1) is 0 Å². The van der Waals surface area contributed by atoms with Gasteiger partial charge in [0.05, 0.1) is 6.10 Å². The first-order chi connectivity index (χ1) is 7.57. The average molecular weight is 228 g/mol. The monoisotopic (exact) mass is 228 g/mol. The largest absolute Gasteiger partial charge is 0.347 e. The summed E-state index contributed by atoms with van der Waals surface area (Å²) >= 11 is 0. The molecule has 0 unspecified atom stereocenters. The zero-order valence-electron chi connectivity index (χ0n) is 10.7. The highest BCUT2D eigenvalue weighted by Gasteiger charge is 2.34. The molecule has 0 bridgehead atoms. The molecule has 1 rings (SSSR count). The molecule has 0 aromatic heterocycles. The summed E-state index contributed by atoms with van der Waals surface area (Å²) in [6, 6.07) is 0. The van der Waals surface area contributed by atoms with Crippen molar-refractivity contribution in [2.75, 3.05) is 0 Å². The van der Waals surface area contributed by atoms with E-state index in [9.17, 15) is 4.79 Å². The number of aldehydes is 1. The van der Waals surface area contributed by atoms with E-state index in [0.717, 1.165) is 12.7 Å². The smallest absolute Gasteiger partial charge is 0.164 e. The second-order valence-corrected chi connectivity index (χ2v) is 5.02. The van der Waals surface area contributed by atoms with E-state index < -0.39 is 5.79 Å². The summed E-state index contributed by atoms with van der Waals surface area (Å²) in [4.78, 5) is 10.8. The van der Waals surface area contributed by atoms with Gasteiger partial charge in [0, 0.05) is 6.42 Å². The number of carbonyl (C=O) groups is 1. The first-order valence-electron chi connectivity index (χ1n) is 6.38. The Morgan fingerprint density at radius 1 is 1.25 bits per heavy atom. The summed E-state index contributed by atoms with van der Waals surface area (Å²) in [7, 11) is 0. The lowest BCUT2D eigenvalue weighted by Crippen LogP contribution is -2.45.